The highest BCUT2D eigenvalue weighted by Crippen LogP contribution is 2.42. The van der Waals surface area contributed by atoms with Crippen LogP contribution < -0.4 is 11.1 Å². The van der Waals surface area contributed by atoms with Gasteiger partial charge in [-0.1, -0.05) is 12.5 Å². The third-order valence-corrected chi connectivity index (χ3v) is 5.69. The molecular formula is C19H25Cl2N3O. The molecule has 0 aliphatic heterocycles. The molecule has 2 saturated carbocycles. The molecule has 1 aromatic heterocycles. The number of hydrogen-bond donors (Lipinski definition) is 2. The van der Waals surface area contributed by atoms with E-state index in [0.717, 1.165) is 29.4 Å². The fourth-order valence-electron chi connectivity index (χ4n) is 4.45. The quantitative estimate of drug-likeness (QED) is 0.819. The summed E-state index contributed by atoms with van der Waals surface area (Å²) in [6.45, 7) is 0. The molecule has 1 aromatic carbocycles. The van der Waals surface area contributed by atoms with E-state index in [2.05, 4.69) is 10.3 Å². The minimum atomic E-state index is 0. The molecule has 1 amide bonds. The zero-order chi connectivity index (χ0) is 15.8. The number of hydrogen-bond acceptors (Lipinski definition) is 3. The van der Waals surface area contributed by atoms with Crippen LogP contribution in [0.2, 0.25) is 0 Å². The van der Waals surface area contributed by atoms with E-state index in [1.807, 2.05) is 30.3 Å². The summed E-state index contributed by atoms with van der Waals surface area (Å²) in [5.74, 6) is 1.28. The summed E-state index contributed by atoms with van der Waals surface area (Å²) in [6, 6.07) is 10.1. The Morgan fingerprint density at radius 2 is 1.80 bits per heavy atom. The fraction of sp³-hybridized carbons (Fsp3) is 0.474. The molecule has 2 aliphatic carbocycles. The molecule has 2 unspecified atom stereocenters. The molecule has 2 aliphatic rings. The Hall–Kier alpha value is -1.36. The van der Waals surface area contributed by atoms with E-state index < -0.39 is 0 Å². The predicted molar refractivity (Wildman–Crippen MR) is 106 cm³/mol. The summed E-state index contributed by atoms with van der Waals surface area (Å²) < 4.78 is 0. The molecule has 25 heavy (non-hydrogen) atoms. The minimum Gasteiger partial charge on any atom is -0.327 e. The molecule has 4 nitrogen and oxygen atoms in total. The molecule has 1 heterocycles. The van der Waals surface area contributed by atoms with Gasteiger partial charge in [-0.3, -0.25) is 9.78 Å². The number of aromatic nitrogens is 1. The number of carbonyl (C=O) groups excluding carboxylic acids is 1. The van der Waals surface area contributed by atoms with Crippen LogP contribution in [0, 0.1) is 17.8 Å². The van der Waals surface area contributed by atoms with Crippen LogP contribution in [0.3, 0.4) is 0 Å². The lowest BCUT2D eigenvalue weighted by molar-refractivity contribution is -0.122. The zero-order valence-electron chi connectivity index (χ0n) is 14.1. The molecule has 2 fully saturated rings. The second-order valence-electron chi connectivity index (χ2n) is 7.06. The third-order valence-electron chi connectivity index (χ3n) is 5.69. The minimum absolute atomic E-state index is 0. The molecule has 4 rings (SSSR count). The van der Waals surface area contributed by atoms with E-state index in [0.29, 0.717) is 17.9 Å². The van der Waals surface area contributed by atoms with Crippen molar-refractivity contribution >= 4 is 47.3 Å². The first-order valence-electron chi connectivity index (χ1n) is 8.62. The maximum absolute atomic E-state index is 12.8. The van der Waals surface area contributed by atoms with Gasteiger partial charge in [-0.15, -0.1) is 24.8 Å². The van der Waals surface area contributed by atoms with Crippen molar-refractivity contribution in [3.8, 4) is 0 Å². The van der Waals surface area contributed by atoms with Gasteiger partial charge in [-0.05, 0) is 61.8 Å². The normalized spacial score (nSPS) is 27.7. The van der Waals surface area contributed by atoms with Gasteiger partial charge >= 0.3 is 0 Å². The topological polar surface area (TPSA) is 68.0 Å². The van der Waals surface area contributed by atoms with Gasteiger partial charge in [-0.2, -0.15) is 0 Å². The van der Waals surface area contributed by atoms with E-state index in [-0.39, 0.29) is 36.6 Å². The number of benzene rings is 1. The molecule has 0 saturated heterocycles. The molecule has 0 radical (unpaired) electrons. The highest BCUT2D eigenvalue weighted by molar-refractivity contribution is 6.01. The van der Waals surface area contributed by atoms with E-state index in [1.165, 1.54) is 19.3 Å². The molecule has 136 valence electrons. The van der Waals surface area contributed by atoms with Crippen LogP contribution in [0.25, 0.3) is 10.9 Å². The Morgan fingerprint density at radius 1 is 1.08 bits per heavy atom. The Labute approximate surface area is 160 Å². The van der Waals surface area contributed by atoms with Crippen LogP contribution in [0.4, 0.5) is 5.69 Å². The lowest BCUT2D eigenvalue weighted by atomic mass is 9.65. The molecule has 0 spiro atoms. The van der Waals surface area contributed by atoms with Crippen LogP contribution >= 0.6 is 24.8 Å². The number of halogens is 2. The number of nitrogens with zero attached hydrogens (tertiary/aromatic N) is 1. The number of fused-ring (bicyclic) bond motifs is 3. The second kappa shape index (κ2) is 8.35. The number of pyridine rings is 1. The van der Waals surface area contributed by atoms with Gasteiger partial charge in [0, 0.05) is 23.5 Å². The van der Waals surface area contributed by atoms with Crippen molar-refractivity contribution in [2.75, 3.05) is 5.32 Å². The molecule has 3 N–H and O–H groups in total. The molecule has 2 atom stereocenters. The van der Waals surface area contributed by atoms with Gasteiger partial charge in [0.25, 0.3) is 0 Å². The van der Waals surface area contributed by atoms with E-state index in [9.17, 15) is 4.79 Å². The van der Waals surface area contributed by atoms with Crippen molar-refractivity contribution in [2.45, 2.75) is 38.1 Å². The van der Waals surface area contributed by atoms with Crippen LogP contribution in [0.15, 0.2) is 36.5 Å². The van der Waals surface area contributed by atoms with Crippen molar-refractivity contribution in [1.29, 1.82) is 0 Å². The molecule has 2 bridgehead atoms. The van der Waals surface area contributed by atoms with Crippen LogP contribution in [0.1, 0.15) is 32.1 Å². The lowest BCUT2D eigenvalue weighted by Crippen LogP contribution is -2.48. The summed E-state index contributed by atoms with van der Waals surface area (Å²) in [5, 5.41) is 4.14. The van der Waals surface area contributed by atoms with Gasteiger partial charge in [0.05, 0.1) is 11.2 Å². The molecule has 2 aromatic rings. The van der Waals surface area contributed by atoms with Crippen molar-refractivity contribution in [1.82, 2.24) is 4.98 Å². The first-order valence-corrected chi connectivity index (χ1v) is 8.62. The molecular weight excluding hydrogens is 357 g/mol. The van der Waals surface area contributed by atoms with Crippen molar-refractivity contribution < 1.29 is 4.79 Å². The van der Waals surface area contributed by atoms with Crippen LogP contribution in [-0.4, -0.2) is 16.9 Å². The lowest BCUT2D eigenvalue weighted by Gasteiger charge is -2.43. The Morgan fingerprint density at radius 3 is 2.52 bits per heavy atom. The number of rotatable bonds is 2. The first kappa shape index (κ1) is 20.0. The van der Waals surface area contributed by atoms with Gasteiger partial charge in [0.1, 0.15) is 0 Å². The number of carbonyl (C=O) groups is 1. The van der Waals surface area contributed by atoms with Gasteiger partial charge in [-0.25, -0.2) is 0 Å². The second-order valence-corrected chi connectivity index (χ2v) is 7.06. The standard InChI is InChI=1S/C19H23N3O.2ClH/c20-18-12-4-1-5-13(18)11-14(10-12)19(23)22-17-8-2-7-16-15(17)6-3-9-21-16;;/h2-3,6-9,12-14,18H,1,4-5,10-11,20H2,(H,22,23);2*1H. The van der Waals surface area contributed by atoms with Gasteiger partial charge in [0.2, 0.25) is 5.91 Å². The zero-order valence-corrected chi connectivity index (χ0v) is 15.7. The Bertz CT molecular complexity index is 720. The smallest absolute Gasteiger partial charge is 0.227 e. The maximum atomic E-state index is 12.8. The highest BCUT2D eigenvalue weighted by Gasteiger charge is 2.40. The number of nitrogens with one attached hydrogen (secondary N) is 1. The third kappa shape index (κ3) is 3.91. The summed E-state index contributed by atoms with van der Waals surface area (Å²) in [7, 11) is 0. The van der Waals surface area contributed by atoms with E-state index >= 15 is 0 Å². The average molecular weight is 382 g/mol. The fourth-order valence-corrected chi connectivity index (χ4v) is 4.45. The Balaban J connectivity index is 0.00000113. The van der Waals surface area contributed by atoms with Gasteiger partial charge in [0.15, 0.2) is 0 Å². The average Bonchev–Trinajstić information content (AvgIpc) is 2.55. The largest absolute Gasteiger partial charge is 0.327 e. The molecule has 6 heteroatoms. The Kier molecular flexibility index (Phi) is 6.66. The number of amides is 1. The number of anilines is 1. The SMILES string of the molecule is Cl.Cl.NC1C2CCCC1CC(C(=O)Nc1cccc3ncccc13)C2. The predicted octanol–water partition coefficient (Wildman–Crippen LogP) is 4.17. The summed E-state index contributed by atoms with van der Waals surface area (Å²) >= 11 is 0. The monoisotopic (exact) mass is 381 g/mol. The first-order chi connectivity index (χ1) is 11.2. The van der Waals surface area contributed by atoms with Gasteiger partial charge < -0.3 is 11.1 Å². The van der Waals surface area contributed by atoms with E-state index in [1.54, 1.807) is 6.20 Å². The van der Waals surface area contributed by atoms with Crippen LogP contribution in [-0.2, 0) is 4.79 Å². The summed E-state index contributed by atoms with van der Waals surface area (Å²) in [5.41, 5.74) is 8.11. The number of nitrogens with two attached hydrogens (primary N) is 1. The summed E-state index contributed by atoms with van der Waals surface area (Å²) in [4.78, 5) is 17.1. The van der Waals surface area contributed by atoms with Crippen molar-refractivity contribution in [3.05, 3.63) is 36.5 Å². The highest BCUT2D eigenvalue weighted by atomic mass is 35.5. The summed E-state index contributed by atoms with van der Waals surface area (Å²) in [6.07, 6.45) is 7.28. The van der Waals surface area contributed by atoms with Crippen molar-refractivity contribution in [3.63, 3.8) is 0 Å². The van der Waals surface area contributed by atoms with E-state index in [4.69, 9.17) is 5.73 Å². The van der Waals surface area contributed by atoms with Crippen molar-refractivity contribution in [2.24, 2.45) is 23.5 Å². The van der Waals surface area contributed by atoms with Crippen LogP contribution in [0.5, 0.6) is 0 Å². The maximum Gasteiger partial charge on any atom is 0.227 e.